The molecule has 1 aromatic rings. The van der Waals surface area contributed by atoms with Gasteiger partial charge >= 0.3 is 0 Å². The summed E-state index contributed by atoms with van der Waals surface area (Å²) >= 11 is 9.18. The second kappa shape index (κ2) is 5.14. The number of hydrogen-bond donors (Lipinski definition) is 1. The molecule has 2 rings (SSSR count). The Labute approximate surface area is 102 Å². The molecule has 0 radical (unpaired) electrons. The Hall–Kier alpha value is -0.320. The van der Waals surface area contributed by atoms with E-state index >= 15 is 0 Å². The van der Waals surface area contributed by atoms with Crippen molar-refractivity contribution in [2.75, 3.05) is 13.1 Å². The Morgan fingerprint density at radius 3 is 2.80 bits per heavy atom. The second-order valence-corrected chi connectivity index (χ2v) is 4.70. The van der Waals surface area contributed by atoms with E-state index in [1.165, 1.54) is 0 Å². The van der Waals surface area contributed by atoms with Gasteiger partial charge in [0, 0.05) is 6.07 Å². The summed E-state index contributed by atoms with van der Waals surface area (Å²) in [6.45, 7) is 2.02. The zero-order valence-corrected chi connectivity index (χ0v) is 10.5. The van der Waals surface area contributed by atoms with Crippen molar-refractivity contribution in [3.05, 3.63) is 21.8 Å². The van der Waals surface area contributed by atoms with Gasteiger partial charge in [-0.15, -0.1) is 0 Å². The molecule has 0 amide bonds. The summed E-state index contributed by atoms with van der Waals surface area (Å²) < 4.78 is 6.53. The molecule has 3 nitrogen and oxygen atoms in total. The van der Waals surface area contributed by atoms with Gasteiger partial charge in [0.25, 0.3) is 0 Å². The predicted molar refractivity (Wildman–Crippen MR) is 63.5 cm³/mol. The van der Waals surface area contributed by atoms with Gasteiger partial charge in [0.2, 0.25) is 5.88 Å². The Morgan fingerprint density at radius 2 is 2.13 bits per heavy atom. The lowest BCUT2D eigenvalue weighted by Crippen LogP contribution is -2.34. The van der Waals surface area contributed by atoms with Crippen LogP contribution in [0.25, 0.3) is 0 Å². The number of nitrogens with one attached hydrogen (secondary N) is 1. The molecule has 15 heavy (non-hydrogen) atoms. The van der Waals surface area contributed by atoms with E-state index < -0.39 is 0 Å². The third kappa shape index (κ3) is 3.06. The fourth-order valence-corrected chi connectivity index (χ4v) is 1.92. The highest BCUT2D eigenvalue weighted by molar-refractivity contribution is 9.10. The molecule has 0 unspecified atom stereocenters. The topological polar surface area (TPSA) is 34.1 Å². The molecule has 1 aromatic heterocycles. The average molecular weight is 292 g/mol. The Balaban J connectivity index is 2.00. The fraction of sp³-hybridized carbons (Fsp3) is 0.500. The number of piperidine rings is 1. The monoisotopic (exact) mass is 290 g/mol. The van der Waals surface area contributed by atoms with Gasteiger partial charge in [-0.2, -0.15) is 0 Å². The van der Waals surface area contributed by atoms with Crippen molar-refractivity contribution in [1.29, 1.82) is 0 Å². The molecule has 2 heterocycles. The van der Waals surface area contributed by atoms with Gasteiger partial charge in [-0.1, -0.05) is 11.6 Å². The number of aromatic nitrogens is 1. The van der Waals surface area contributed by atoms with Crippen LogP contribution in [0.5, 0.6) is 5.88 Å². The maximum atomic E-state index is 5.88. The average Bonchev–Trinajstić information content (AvgIpc) is 2.25. The summed E-state index contributed by atoms with van der Waals surface area (Å²) in [5.41, 5.74) is 0. The van der Waals surface area contributed by atoms with Crippen LogP contribution in [0.1, 0.15) is 12.8 Å². The summed E-state index contributed by atoms with van der Waals surface area (Å²) in [6, 6.07) is 3.68. The molecule has 0 bridgehead atoms. The summed E-state index contributed by atoms with van der Waals surface area (Å²) in [5, 5.41) is 3.73. The molecule has 1 aliphatic rings. The Bertz CT molecular complexity index is 342. The molecule has 0 atom stereocenters. The van der Waals surface area contributed by atoms with Crippen molar-refractivity contribution >= 4 is 27.5 Å². The van der Waals surface area contributed by atoms with Crippen LogP contribution in [0.3, 0.4) is 0 Å². The van der Waals surface area contributed by atoms with Gasteiger partial charge < -0.3 is 10.1 Å². The first kappa shape index (κ1) is 11.2. The molecule has 1 fully saturated rings. The summed E-state index contributed by atoms with van der Waals surface area (Å²) in [7, 11) is 0. The number of halogens is 2. The number of hydrogen-bond acceptors (Lipinski definition) is 3. The highest BCUT2D eigenvalue weighted by Gasteiger charge is 2.15. The van der Waals surface area contributed by atoms with Gasteiger partial charge in [-0.25, -0.2) is 4.98 Å². The molecule has 5 heteroatoms. The molecule has 1 saturated heterocycles. The Morgan fingerprint density at radius 1 is 1.40 bits per heavy atom. The first-order valence-corrected chi connectivity index (χ1v) is 6.12. The van der Waals surface area contributed by atoms with Gasteiger partial charge in [0.1, 0.15) is 11.3 Å². The number of nitrogens with zero attached hydrogens (tertiary/aromatic N) is 1. The first-order valence-electron chi connectivity index (χ1n) is 4.95. The molecular weight excluding hydrogens is 279 g/mol. The van der Waals surface area contributed by atoms with Crippen LogP contribution in [0, 0.1) is 0 Å². The van der Waals surface area contributed by atoms with E-state index in [4.69, 9.17) is 16.3 Å². The Kier molecular flexibility index (Phi) is 3.83. The quantitative estimate of drug-likeness (QED) is 0.851. The lowest BCUT2D eigenvalue weighted by atomic mass is 10.1. The van der Waals surface area contributed by atoms with Crippen molar-refractivity contribution in [3.8, 4) is 5.88 Å². The van der Waals surface area contributed by atoms with Crippen molar-refractivity contribution in [1.82, 2.24) is 10.3 Å². The van der Waals surface area contributed by atoms with Crippen molar-refractivity contribution in [3.63, 3.8) is 0 Å². The standard InChI is InChI=1S/C10H12BrClN2O/c11-8-1-2-9(14-10(8)12)15-7-3-5-13-6-4-7/h1-2,7,13H,3-6H2. The van der Waals surface area contributed by atoms with Crippen molar-refractivity contribution < 1.29 is 4.74 Å². The van der Waals surface area contributed by atoms with Crippen LogP contribution in [0.2, 0.25) is 5.15 Å². The molecule has 0 saturated carbocycles. The highest BCUT2D eigenvalue weighted by Crippen LogP contribution is 2.24. The van der Waals surface area contributed by atoms with Gasteiger partial charge in [0.05, 0.1) is 4.47 Å². The van der Waals surface area contributed by atoms with Gasteiger partial charge in [-0.3, -0.25) is 0 Å². The molecule has 0 spiro atoms. The lowest BCUT2D eigenvalue weighted by Gasteiger charge is -2.23. The van der Waals surface area contributed by atoms with Gasteiger partial charge in [-0.05, 0) is 47.9 Å². The summed E-state index contributed by atoms with van der Waals surface area (Å²) in [6.07, 6.45) is 2.31. The first-order chi connectivity index (χ1) is 7.25. The van der Waals surface area contributed by atoms with E-state index in [2.05, 4.69) is 26.2 Å². The molecule has 0 aromatic carbocycles. The van der Waals surface area contributed by atoms with E-state index in [-0.39, 0.29) is 6.10 Å². The normalized spacial score (nSPS) is 17.7. The number of rotatable bonds is 2. The minimum absolute atomic E-state index is 0.260. The third-order valence-corrected chi connectivity index (χ3v) is 3.51. The third-order valence-electron chi connectivity index (χ3n) is 2.35. The van der Waals surface area contributed by atoms with Crippen LogP contribution < -0.4 is 10.1 Å². The van der Waals surface area contributed by atoms with E-state index in [1.54, 1.807) is 0 Å². The molecule has 1 N–H and O–H groups in total. The summed E-state index contributed by atoms with van der Waals surface area (Å²) in [4.78, 5) is 4.14. The van der Waals surface area contributed by atoms with E-state index in [0.717, 1.165) is 30.4 Å². The van der Waals surface area contributed by atoms with Crippen LogP contribution in [-0.4, -0.2) is 24.2 Å². The van der Waals surface area contributed by atoms with E-state index in [0.29, 0.717) is 11.0 Å². The SMILES string of the molecule is Clc1nc(OC2CCNCC2)ccc1Br. The van der Waals surface area contributed by atoms with E-state index in [9.17, 15) is 0 Å². The highest BCUT2D eigenvalue weighted by atomic mass is 79.9. The molecule has 82 valence electrons. The van der Waals surface area contributed by atoms with Crippen LogP contribution in [-0.2, 0) is 0 Å². The number of ether oxygens (including phenoxy) is 1. The van der Waals surface area contributed by atoms with E-state index in [1.807, 2.05) is 12.1 Å². The maximum absolute atomic E-state index is 5.88. The van der Waals surface area contributed by atoms with Gasteiger partial charge in [0.15, 0.2) is 0 Å². The van der Waals surface area contributed by atoms with Crippen molar-refractivity contribution in [2.24, 2.45) is 0 Å². The smallest absolute Gasteiger partial charge is 0.214 e. The minimum atomic E-state index is 0.260. The zero-order chi connectivity index (χ0) is 10.7. The molecule has 1 aliphatic heterocycles. The second-order valence-electron chi connectivity index (χ2n) is 3.49. The van der Waals surface area contributed by atoms with Crippen LogP contribution in [0.4, 0.5) is 0 Å². The lowest BCUT2D eigenvalue weighted by molar-refractivity contribution is 0.156. The zero-order valence-electron chi connectivity index (χ0n) is 8.17. The predicted octanol–water partition coefficient (Wildman–Crippen LogP) is 2.63. The fourth-order valence-electron chi connectivity index (χ4n) is 1.55. The largest absolute Gasteiger partial charge is 0.474 e. The minimum Gasteiger partial charge on any atom is -0.474 e. The molecule has 0 aliphatic carbocycles. The molecular formula is C10H12BrClN2O. The maximum Gasteiger partial charge on any atom is 0.214 e. The summed E-state index contributed by atoms with van der Waals surface area (Å²) in [5.74, 6) is 0.607. The number of pyridine rings is 1. The van der Waals surface area contributed by atoms with Crippen LogP contribution >= 0.6 is 27.5 Å². The van der Waals surface area contributed by atoms with Crippen molar-refractivity contribution in [2.45, 2.75) is 18.9 Å². The van der Waals surface area contributed by atoms with Crippen LogP contribution in [0.15, 0.2) is 16.6 Å².